The number of nitrogens with zero attached hydrogens (tertiary/aromatic N) is 1. The molecule has 1 amide bonds. The van der Waals surface area contributed by atoms with Crippen molar-refractivity contribution in [3.63, 3.8) is 0 Å². The van der Waals surface area contributed by atoms with Gasteiger partial charge in [-0.15, -0.1) is 0 Å². The minimum atomic E-state index is -0.689. The fourth-order valence-corrected chi connectivity index (χ4v) is 2.51. The third-order valence-electron chi connectivity index (χ3n) is 3.57. The zero-order valence-corrected chi connectivity index (χ0v) is 10.7. The van der Waals surface area contributed by atoms with Crippen LogP contribution >= 0.6 is 0 Å². The monoisotopic (exact) mass is 268 g/mol. The summed E-state index contributed by atoms with van der Waals surface area (Å²) in [6.45, 7) is 0.902. The van der Waals surface area contributed by atoms with E-state index in [2.05, 4.69) is 0 Å². The highest BCUT2D eigenvalue weighted by Crippen LogP contribution is 2.20. The summed E-state index contributed by atoms with van der Waals surface area (Å²) >= 11 is 0. The molecule has 2 rings (SSSR count). The number of halogens is 2. The van der Waals surface area contributed by atoms with Crippen LogP contribution in [-0.2, 0) is 0 Å². The van der Waals surface area contributed by atoms with Crippen LogP contribution in [0.1, 0.15) is 36.0 Å². The van der Waals surface area contributed by atoms with E-state index in [9.17, 15) is 13.6 Å². The second kappa shape index (κ2) is 6.10. The van der Waals surface area contributed by atoms with Gasteiger partial charge in [0.25, 0.3) is 5.91 Å². The predicted molar refractivity (Wildman–Crippen MR) is 68.7 cm³/mol. The van der Waals surface area contributed by atoms with Gasteiger partial charge in [-0.25, -0.2) is 8.78 Å². The van der Waals surface area contributed by atoms with Gasteiger partial charge in [-0.05, 0) is 31.0 Å². The number of hydrogen-bond acceptors (Lipinski definition) is 2. The average molecular weight is 268 g/mol. The standard InChI is InChI=1S/C14H18F2N2O/c15-10-5-6-13(16)12(8-10)14(19)18-7-3-1-2-4-11(18)9-17/h5-6,8,11H,1-4,7,9,17H2. The smallest absolute Gasteiger partial charge is 0.257 e. The summed E-state index contributed by atoms with van der Waals surface area (Å²) in [5, 5.41) is 0. The molecule has 0 aliphatic carbocycles. The molecular formula is C14H18F2N2O. The Morgan fingerprint density at radius 3 is 2.84 bits per heavy atom. The third kappa shape index (κ3) is 3.10. The van der Waals surface area contributed by atoms with Gasteiger partial charge in [0.2, 0.25) is 0 Å². The van der Waals surface area contributed by atoms with E-state index in [1.54, 1.807) is 4.90 Å². The van der Waals surface area contributed by atoms with Crippen LogP contribution in [0.3, 0.4) is 0 Å². The first-order valence-corrected chi connectivity index (χ1v) is 6.59. The third-order valence-corrected chi connectivity index (χ3v) is 3.57. The predicted octanol–water partition coefficient (Wildman–Crippen LogP) is 2.31. The number of likely N-dealkylation sites (tertiary alicyclic amines) is 1. The van der Waals surface area contributed by atoms with Crippen LogP contribution in [0.4, 0.5) is 8.78 Å². The molecule has 1 aliphatic heterocycles. The first-order valence-electron chi connectivity index (χ1n) is 6.59. The topological polar surface area (TPSA) is 46.3 Å². The lowest BCUT2D eigenvalue weighted by atomic mass is 10.1. The van der Waals surface area contributed by atoms with Crippen LogP contribution in [0.5, 0.6) is 0 Å². The summed E-state index contributed by atoms with van der Waals surface area (Å²) in [4.78, 5) is 13.9. The van der Waals surface area contributed by atoms with Crippen molar-refractivity contribution in [3.05, 3.63) is 35.4 Å². The fraction of sp³-hybridized carbons (Fsp3) is 0.500. The van der Waals surface area contributed by atoms with Crippen molar-refractivity contribution in [2.45, 2.75) is 31.7 Å². The highest BCUT2D eigenvalue weighted by molar-refractivity contribution is 5.94. The van der Waals surface area contributed by atoms with Crippen LogP contribution in [0.25, 0.3) is 0 Å². The lowest BCUT2D eigenvalue weighted by Crippen LogP contribution is -2.44. The van der Waals surface area contributed by atoms with Crippen molar-refractivity contribution in [2.75, 3.05) is 13.1 Å². The van der Waals surface area contributed by atoms with E-state index >= 15 is 0 Å². The molecule has 19 heavy (non-hydrogen) atoms. The Balaban J connectivity index is 2.27. The van der Waals surface area contributed by atoms with Crippen LogP contribution in [0, 0.1) is 11.6 Å². The van der Waals surface area contributed by atoms with E-state index in [0.29, 0.717) is 13.1 Å². The summed E-state index contributed by atoms with van der Waals surface area (Å²) in [7, 11) is 0. The fourth-order valence-electron chi connectivity index (χ4n) is 2.51. The van der Waals surface area contributed by atoms with Crippen molar-refractivity contribution in [2.24, 2.45) is 5.73 Å². The Morgan fingerprint density at radius 2 is 2.11 bits per heavy atom. The van der Waals surface area contributed by atoms with Gasteiger partial charge in [0.15, 0.2) is 0 Å². The molecule has 5 heteroatoms. The van der Waals surface area contributed by atoms with E-state index in [1.165, 1.54) is 0 Å². The number of hydrogen-bond donors (Lipinski definition) is 1. The summed E-state index contributed by atoms with van der Waals surface area (Å²) in [6.07, 6.45) is 3.74. The van der Waals surface area contributed by atoms with Gasteiger partial charge in [0, 0.05) is 19.1 Å². The van der Waals surface area contributed by atoms with Gasteiger partial charge in [0.1, 0.15) is 11.6 Å². The summed E-state index contributed by atoms with van der Waals surface area (Å²) in [5.74, 6) is -1.76. The molecule has 1 atom stereocenters. The summed E-state index contributed by atoms with van der Waals surface area (Å²) in [6, 6.07) is 2.86. The van der Waals surface area contributed by atoms with Gasteiger partial charge in [-0.3, -0.25) is 4.79 Å². The van der Waals surface area contributed by atoms with Crippen LogP contribution < -0.4 is 5.73 Å². The van der Waals surface area contributed by atoms with Gasteiger partial charge in [-0.2, -0.15) is 0 Å². The van der Waals surface area contributed by atoms with Crippen molar-refractivity contribution in [3.8, 4) is 0 Å². The molecule has 1 aromatic rings. The van der Waals surface area contributed by atoms with E-state index in [0.717, 1.165) is 43.9 Å². The molecular weight excluding hydrogens is 250 g/mol. The highest BCUT2D eigenvalue weighted by atomic mass is 19.1. The van der Waals surface area contributed by atoms with Gasteiger partial charge >= 0.3 is 0 Å². The molecule has 1 unspecified atom stereocenters. The number of carbonyl (C=O) groups excluding carboxylic acids is 1. The van der Waals surface area contributed by atoms with Gasteiger partial charge < -0.3 is 10.6 Å². The second-order valence-electron chi connectivity index (χ2n) is 4.86. The van der Waals surface area contributed by atoms with E-state index in [1.807, 2.05) is 0 Å². The minimum absolute atomic E-state index is 0.0855. The number of benzene rings is 1. The first-order chi connectivity index (χ1) is 9.13. The minimum Gasteiger partial charge on any atom is -0.334 e. The molecule has 2 N–H and O–H groups in total. The molecule has 0 saturated carbocycles. The average Bonchev–Trinajstić information content (AvgIpc) is 2.65. The molecule has 0 aromatic heterocycles. The maximum absolute atomic E-state index is 13.7. The number of carbonyl (C=O) groups is 1. The molecule has 1 saturated heterocycles. The lowest BCUT2D eigenvalue weighted by molar-refractivity contribution is 0.0683. The normalized spacial score (nSPS) is 20.2. The Hall–Kier alpha value is -1.49. The Kier molecular flexibility index (Phi) is 4.47. The quantitative estimate of drug-likeness (QED) is 0.894. The molecule has 1 heterocycles. The van der Waals surface area contributed by atoms with Gasteiger partial charge in [0.05, 0.1) is 5.56 Å². The SMILES string of the molecule is NCC1CCCCCN1C(=O)c1cc(F)ccc1F. The van der Waals surface area contributed by atoms with Gasteiger partial charge in [-0.1, -0.05) is 12.8 Å². The molecule has 1 aromatic carbocycles. The molecule has 3 nitrogen and oxygen atoms in total. The Labute approximate surface area is 111 Å². The Bertz CT molecular complexity index is 465. The number of nitrogens with two attached hydrogens (primary N) is 1. The van der Waals surface area contributed by atoms with Crippen molar-refractivity contribution in [1.82, 2.24) is 4.90 Å². The summed E-state index contributed by atoms with van der Waals surface area (Å²) in [5.41, 5.74) is 5.48. The zero-order valence-electron chi connectivity index (χ0n) is 10.7. The van der Waals surface area contributed by atoms with E-state index in [-0.39, 0.29) is 11.6 Å². The highest BCUT2D eigenvalue weighted by Gasteiger charge is 2.27. The lowest BCUT2D eigenvalue weighted by Gasteiger charge is -2.29. The molecule has 0 spiro atoms. The van der Waals surface area contributed by atoms with E-state index < -0.39 is 17.5 Å². The zero-order chi connectivity index (χ0) is 13.8. The number of rotatable bonds is 2. The van der Waals surface area contributed by atoms with Crippen LogP contribution in [-0.4, -0.2) is 29.9 Å². The van der Waals surface area contributed by atoms with Crippen molar-refractivity contribution < 1.29 is 13.6 Å². The largest absolute Gasteiger partial charge is 0.334 e. The molecule has 0 radical (unpaired) electrons. The van der Waals surface area contributed by atoms with Crippen LogP contribution in [0.15, 0.2) is 18.2 Å². The van der Waals surface area contributed by atoms with Crippen molar-refractivity contribution in [1.29, 1.82) is 0 Å². The van der Waals surface area contributed by atoms with E-state index in [4.69, 9.17) is 5.73 Å². The molecule has 104 valence electrons. The molecule has 0 bridgehead atoms. The Morgan fingerprint density at radius 1 is 1.32 bits per heavy atom. The maximum Gasteiger partial charge on any atom is 0.257 e. The molecule has 1 aliphatic rings. The number of amides is 1. The first kappa shape index (κ1) is 13.9. The van der Waals surface area contributed by atoms with Crippen LogP contribution in [0.2, 0.25) is 0 Å². The molecule has 1 fully saturated rings. The summed E-state index contributed by atoms with van der Waals surface area (Å²) < 4.78 is 26.8. The second-order valence-corrected chi connectivity index (χ2v) is 4.86. The maximum atomic E-state index is 13.7. The van der Waals surface area contributed by atoms with Crippen molar-refractivity contribution >= 4 is 5.91 Å².